The molecule has 21 nitrogen and oxygen atoms in total. The zero-order chi connectivity index (χ0) is 52.1. The summed E-state index contributed by atoms with van der Waals surface area (Å²) in [5, 5.41) is 130. The number of aliphatic hydroxyl groups is 12. The molecule has 3 aliphatic heterocycles. The molecule has 5 aliphatic carbocycles. The highest BCUT2D eigenvalue weighted by Crippen LogP contribution is 2.76. The third-order valence-corrected chi connectivity index (χ3v) is 19.7. The second-order valence-electron chi connectivity index (χ2n) is 24.1. The molecule has 406 valence electrons. The molecule has 71 heavy (non-hydrogen) atoms. The van der Waals surface area contributed by atoms with E-state index in [0.29, 0.717) is 44.9 Å². The van der Waals surface area contributed by atoms with E-state index in [1.54, 1.807) is 0 Å². The smallest absolute Gasteiger partial charge is 0.315 e. The number of hydrogen-bond donors (Lipinski definition) is 12. The Morgan fingerprint density at radius 2 is 1.21 bits per heavy atom. The van der Waals surface area contributed by atoms with Crippen LogP contribution in [0.25, 0.3) is 0 Å². The molecule has 8 rings (SSSR count). The van der Waals surface area contributed by atoms with Gasteiger partial charge in [-0.3, -0.25) is 9.59 Å². The van der Waals surface area contributed by atoms with Crippen LogP contribution in [0, 0.1) is 50.2 Å². The van der Waals surface area contributed by atoms with E-state index in [4.69, 9.17) is 33.2 Å². The fraction of sp³-hybridized carbons (Fsp3) is 0.920. The molecule has 0 aromatic carbocycles. The fourth-order valence-electron chi connectivity index (χ4n) is 15.3. The Morgan fingerprint density at radius 3 is 1.83 bits per heavy atom. The van der Waals surface area contributed by atoms with Crippen molar-refractivity contribution >= 4 is 11.9 Å². The molecule has 0 unspecified atom stereocenters. The number of esters is 2. The maximum atomic E-state index is 15.0. The van der Waals surface area contributed by atoms with Crippen LogP contribution >= 0.6 is 0 Å². The lowest BCUT2D eigenvalue weighted by Crippen LogP contribution is -2.69. The number of carbonyl (C=O) groups excluding carboxylic acids is 2. The molecule has 7 fully saturated rings. The lowest BCUT2D eigenvalue weighted by molar-refractivity contribution is -0.345. The van der Waals surface area contributed by atoms with Gasteiger partial charge in [0.1, 0.15) is 79.9 Å². The third kappa shape index (κ3) is 9.04. The maximum absolute atomic E-state index is 15.0. The number of allylic oxidation sites excluding steroid dienone is 2. The van der Waals surface area contributed by atoms with E-state index in [2.05, 4.69) is 40.7 Å². The first kappa shape index (κ1) is 55.2. The Labute approximate surface area is 414 Å². The number of fused-ring (bicyclic) bond motifs is 7. The van der Waals surface area contributed by atoms with Crippen molar-refractivity contribution in [1.82, 2.24) is 0 Å². The third-order valence-electron chi connectivity index (χ3n) is 19.7. The monoisotopic (exact) mass is 1020 g/mol. The van der Waals surface area contributed by atoms with E-state index in [1.165, 1.54) is 6.92 Å². The minimum absolute atomic E-state index is 0.0116. The van der Waals surface area contributed by atoms with Crippen molar-refractivity contribution in [3.05, 3.63) is 11.6 Å². The lowest BCUT2D eigenvalue weighted by atomic mass is 9.33. The molecule has 0 radical (unpaired) electrons. The number of carbonyl (C=O) groups is 2. The summed E-state index contributed by atoms with van der Waals surface area (Å²) in [5.74, 6) is -1.76. The number of rotatable bonds is 11. The topological polar surface area (TPSA) is 342 Å². The van der Waals surface area contributed by atoms with Crippen LogP contribution in [0.15, 0.2) is 11.6 Å². The summed E-state index contributed by atoms with van der Waals surface area (Å²) >= 11 is 0. The Kier molecular flexibility index (Phi) is 15.4. The highest BCUT2D eigenvalue weighted by Gasteiger charge is 2.71. The van der Waals surface area contributed by atoms with Crippen LogP contribution < -0.4 is 0 Å². The van der Waals surface area contributed by atoms with Gasteiger partial charge in [-0.1, -0.05) is 53.2 Å². The molecule has 21 heteroatoms. The molecule has 3 heterocycles. The summed E-state index contributed by atoms with van der Waals surface area (Å²) in [5.41, 5.74) is -2.51. The van der Waals surface area contributed by atoms with E-state index >= 15 is 4.79 Å². The number of hydrogen-bond acceptors (Lipinski definition) is 21. The maximum Gasteiger partial charge on any atom is 0.315 e. The minimum atomic E-state index is -1.85. The summed E-state index contributed by atoms with van der Waals surface area (Å²) in [6.45, 7) is 12.1. The van der Waals surface area contributed by atoms with Crippen molar-refractivity contribution in [2.45, 2.75) is 211 Å². The van der Waals surface area contributed by atoms with E-state index in [1.807, 2.05) is 6.92 Å². The number of ether oxygens (including phenoxy) is 7. The summed E-state index contributed by atoms with van der Waals surface area (Å²) in [6.07, 6.45) is -19.2. The molecule has 0 aromatic rings. The van der Waals surface area contributed by atoms with Crippen LogP contribution in [0.5, 0.6) is 0 Å². The van der Waals surface area contributed by atoms with Crippen molar-refractivity contribution in [2.24, 2.45) is 50.2 Å². The van der Waals surface area contributed by atoms with Gasteiger partial charge in [0, 0.05) is 12.3 Å². The lowest BCUT2D eigenvalue weighted by Gasteiger charge is -2.72. The summed E-state index contributed by atoms with van der Waals surface area (Å²) in [7, 11) is 0. The fourth-order valence-corrected chi connectivity index (χ4v) is 15.3. The first-order valence-electron chi connectivity index (χ1n) is 25.5. The normalized spacial score (nSPS) is 52.7. The van der Waals surface area contributed by atoms with E-state index in [-0.39, 0.29) is 41.6 Å². The second-order valence-corrected chi connectivity index (χ2v) is 24.1. The molecule has 25 atom stereocenters. The molecule has 0 bridgehead atoms. The van der Waals surface area contributed by atoms with E-state index in [9.17, 15) is 66.1 Å². The molecule has 4 saturated carbocycles. The number of aliphatic hydroxyl groups excluding tert-OH is 12. The zero-order valence-electron chi connectivity index (χ0n) is 41.9. The van der Waals surface area contributed by atoms with Gasteiger partial charge in [-0.2, -0.15) is 0 Å². The predicted molar refractivity (Wildman–Crippen MR) is 243 cm³/mol. The Balaban J connectivity index is 1.03. The van der Waals surface area contributed by atoms with Crippen LogP contribution in [0.3, 0.4) is 0 Å². The van der Waals surface area contributed by atoms with Gasteiger partial charge in [0.2, 0.25) is 6.29 Å². The summed E-state index contributed by atoms with van der Waals surface area (Å²) in [6, 6.07) is 0. The van der Waals surface area contributed by atoms with Crippen LogP contribution in [-0.2, 0) is 42.7 Å². The highest BCUT2D eigenvalue weighted by molar-refractivity contribution is 5.79. The van der Waals surface area contributed by atoms with Crippen LogP contribution in [0.1, 0.15) is 106 Å². The average Bonchev–Trinajstić information content (AvgIpc) is 3.31. The summed E-state index contributed by atoms with van der Waals surface area (Å²) < 4.78 is 40.4. The Bertz CT molecular complexity index is 1970. The van der Waals surface area contributed by atoms with Crippen molar-refractivity contribution in [1.29, 1.82) is 0 Å². The SMILES string of the molecule is CC(=O)OC[C@H]1O[C@@H](O[C@H]2[C@@H](O)C[C@@]3(C)[C@@H](CC[C@]4(C)[C@@H]3CC=C3[C@@H]5CC(C)(C)CC[C@]5(C(=O)O[C@H]5O[C@@H](CO[C@H]6O[C@@H](CO)[C@H](O)[C@@H](O)[C@@H]6O)[C@H](O)[C@@H](O)[C@@H]5O)CC[C@]34C)[C@]2(C)CO)[C@H](O)[C@@H](O)[C@@H]1O. The molecule has 8 aliphatic rings. The van der Waals surface area contributed by atoms with Crippen molar-refractivity contribution in [3.8, 4) is 0 Å². The van der Waals surface area contributed by atoms with Crippen molar-refractivity contribution in [3.63, 3.8) is 0 Å². The van der Waals surface area contributed by atoms with Crippen molar-refractivity contribution in [2.75, 3.05) is 26.4 Å². The van der Waals surface area contributed by atoms with Crippen LogP contribution in [0.2, 0.25) is 0 Å². The first-order valence-corrected chi connectivity index (χ1v) is 25.5. The van der Waals surface area contributed by atoms with Gasteiger partial charge in [0.15, 0.2) is 12.6 Å². The zero-order valence-corrected chi connectivity index (χ0v) is 41.9. The Hall–Kier alpha value is -2.00. The quantitative estimate of drug-likeness (QED) is 0.0647. The Morgan fingerprint density at radius 1 is 0.648 bits per heavy atom. The van der Waals surface area contributed by atoms with Gasteiger partial charge < -0.3 is 94.4 Å². The van der Waals surface area contributed by atoms with Gasteiger partial charge in [0.05, 0.1) is 37.4 Å². The minimum Gasteiger partial charge on any atom is -0.463 e. The van der Waals surface area contributed by atoms with Gasteiger partial charge in [0.25, 0.3) is 0 Å². The molecular weight excluding hydrogens is 937 g/mol. The first-order chi connectivity index (χ1) is 33.1. The van der Waals surface area contributed by atoms with E-state index < -0.39 is 158 Å². The molecule has 0 amide bonds. The largest absolute Gasteiger partial charge is 0.463 e. The van der Waals surface area contributed by atoms with Gasteiger partial charge in [-0.05, 0) is 97.2 Å². The molecule has 0 spiro atoms. The van der Waals surface area contributed by atoms with Crippen LogP contribution in [-0.4, -0.2) is 204 Å². The summed E-state index contributed by atoms with van der Waals surface area (Å²) in [4.78, 5) is 26.6. The van der Waals surface area contributed by atoms with Gasteiger partial charge in [-0.15, -0.1) is 0 Å². The highest BCUT2D eigenvalue weighted by atomic mass is 16.7. The van der Waals surface area contributed by atoms with Gasteiger partial charge >= 0.3 is 11.9 Å². The standard InChI is InChI=1S/C50H80O21/c1-22(53)65-19-27-32(56)35(59)38(62)42(68-27)70-40-25(54)17-46(4)29(47(40,5)21-52)10-11-49(7)30(46)9-8-23-24-16-45(2,3)12-14-50(24,15-13-48(23,49)6)44(64)71-43-39(63)36(60)33(57)28(69-43)20-66-41-37(61)34(58)31(55)26(18-51)67-41/h8,24-43,51-52,54-63H,9-21H2,1-7H3/t24-,25-,26-,27+,28-,29+,30+,31-,32+,33-,34+,35-,36+,37-,38+,39-,40-,41-,42-,43+,46-,47-,48+,49+,50-/m0/s1. The second kappa shape index (κ2) is 19.9. The molecular formula is C50H80O21. The predicted octanol–water partition coefficient (Wildman–Crippen LogP) is -1.35. The molecule has 12 N–H and O–H groups in total. The molecule has 3 saturated heterocycles. The average molecular weight is 1020 g/mol. The van der Waals surface area contributed by atoms with Crippen molar-refractivity contribution < 1.29 is 104 Å². The van der Waals surface area contributed by atoms with E-state index in [0.717, 1.165) is 12.0 Å². The van der Waals surface area contributed by atoms with Crippen LogP contribution in [0.4, 0.5) is 0 Å². The van der Waals surface area contributed by atoms with Gasteiger partial charge in [-0.25, -0.2) is 0 Å². The molecule has 0 aromatic heterocycles.